The number of fused-ring (bicyclic) bond motifs is 3. The number of esters is 2. The Morgan fingerprint density at radius 1 is 0.473 bits per heavy atom. The monoisotopic (exact) mass is 1500 g/mol. The molecule has 0 atom stereocenters. The van der Waals surface area contributed by atoms with Gasteiger partial charge in [-0.25, -0.2) is 57.6 Å². The number of amides is 1. The summed E-state index contributed by atoms with van der Waals surface area (Å²) < 4.78 is 19.3. The van der Waals surface area contributed by atoms with Crippen LogP contribution in [0, 0.1) is 10.8 Å². The fraction of sp³-hybridized carbons (Fsp3) is 0.341. The number of nitrogens with one attached hydrogen (secondary N) is 2. The van der Waals surface area contributed by atoms with Crippen LogP contribution in [0.3, 0.4) is 0 Å². The summed E-state index contributed by atoms with van der Waals surface area (Å²) in [5.74, 6) is -0.284. The Kier molecular flexibility index (Phi) is 23.2. The van der Waals surface area contributed by atoms with Gasteiger partial charge in [-0.3, -0.25) is 19.2 Å². The van der Waals surface area contributed by atoms with Crippen molar-refractivity contribution in [1.29, 1.82) is 0 Å². The van der Waals surface area contributed by atoms with Crippen molar-refractivity contribution in [3.63, 3.8) is 0 Å². The molecule has 4 aliphatic rings. The van der Waals surface area contributed by atoms with Gasteiger partial charge in [-0.15, -0.1) is 19.7 Å². The van der Waals surface area contributed by atoms with Gasteiger partial charge in [0, 0.05) is 87.2 Å². The van der Waals surface area contributed by atoms with Crippen molar-refractivity contribution in [2.24, 2.45) is 10.8 Å². The lowest BCUT2D eigenvalue weighted by molar-refractivity contribution is 0.0592. The fourth-order valence-electron chi connectivity index (χ4n) is 15.2. The lowest BCUT2D eigenvalue weighted by atomic mass is 9.71. The Morgan fingerprint density at radius 3 is 1.15 bits per heavy atom. The van der Waals surface area contributed by atoms with Gasteiger partial charge in [-0.2, -0.15) is 9.97 Å². The van der Waals surface area contributed by atoms with Crippen LogP contribution in [0.15, 0.2) is 197 Å². The quantitative estimate of drug-likeness (QED) is 0.0330. The van der Waals surface area contributed by atoms with Crippen LogP contribution in [0.2, 0.25) is 0 Å². The number of thioether (sulfide) groups is 1. The molecule has 0 unspecified atom stereocenters. The molecule has 2 N–H and O–H groups in total. The first-order valence-electron chi connectivity index (χ1n) is 36.9. The van der Waals surface area contributed by atoms with Crippen LogP contribution in [0.5, 0.6) is 0 Å². The molecule has 0 radical (unpaired) electrons. The molecule has 0 aliphatic carbocycles. The van der Waals surface area contributed by atoms with Gasteiger partial charge in [-0.05, 0) is 212 Å². The first-order chi connectivity index (χ1) is 53.3. The van der Waals surface area contributed by atoms with Crippen LogP contribution in [-0.4, -0.2) is 192 Å². The molecule has 15 rings (SSSR count). The van der Waals surface area contributed by atoms with Crippen LogP contribution in [0.4, 0.5) is 34.6 Å². The number of anilines is 6. The number of piperidine rings is 4. The highest BCUT2D eigenvalue weighted by Gasteiger charge is 2.38. The summed E-state index contributed by atoms with van der Waals surface area (Å²) in [7, 11) is 10.5. The zero-order chi connectivity index (χ0) is 77.4. The van der Waals surface area contributed by atoms with E-state index in [1.54, 1.807) is 118 Å². The molecule has 11 aromatic rings. The van der Waals surface area contributed by atoms with Crippen molar-refractivity contribution < 1.29 is 23.9 Å². The first-order valence-corrected chi connectivity index (χ1v) is 38.1. The van der Waals surface area contributed by atoms with Gasteiger partial charge in [0.2, 0.25) is 11.9 Å². The van der Waals surface area contributed by atoms with E-state index in [0.717, 1.165) is 37.6 Å². The minimum atomic E-state index is -0.461. The maximum Gasteiger partial charge on any atom is 0.337 e. The van der Waals surface area contributed by atoms with Crippen LogP contribution < -0.4 is 37.1 Å². The fourth-order valence-corrected chi connectivity index (χ4v) is 15.5. The highest BCUT2D eigenvalue weighted by Crippen LogP contribution is 2.44. The second-order valence-electron chi connectivity index (χ2n) is 28.7. The number of hydrogen-bond acceptors (Lipinski definition) is 21. The van der Waals surface area contributed by atoms with Crippen LogP contribution >= 0.6 is 11.8 Å². The first kappa shape index (κ1) is 76.4. The number of allylic oxidation sites excluding steroid dienone is 3. The molecule has 570 valence electrons. The van der Waals surface area contributed by atoms with Gasteiger partial charge in [0.1, 0.15) is 16.2 Å². The maximum absolute atomic E-state index is 13.3. The van der Waals surface area contributed by atoms with E-state index in [2.05, 4.69) is 120 Å². The number of rotatable bonds is 19. The van der Waals surface area contributed by atoms with Crippen LogP contribution in [0.25, 0.3) is 50.2 Å². The Bertz CT molecular complexity index is 5410. The number of methoxy groups -OCH3 is 2. The largest absolute Gasteiger partial charge is 0.465 e. The number of benzene rings is 5. The van der Waals surface area contributed by atoms with E-state index in [1.807, 2.05) is 30.5 Å². The Labute approximate surface area is 641 Å². The van der Waals surface area contributed by atoms with Gasteiger partial charge in [0.15, 0.2) is 22.1 Å². The van der Waals surface area contributed by atoms with Crippen LogP contribution in [-0.2, 0) is 29.1 Å². The molecule has 27 nitrogen and oxygen atoms in total. The third-order valence-corrected chi connectivity index (χ3v) is 22.1. The molecule has 6 aromatic heterocycles. The number of likely N-dealkylation sites (tertiary alicyclic amines) is 2. The van der Waals surface area contributed by atoms with Gasteiger partial charge in [0.05, 0.1) is 62.0 Å². The Balaban J connectivity index is 0.000000150. The van der Waals surface area contributed by atoms with E-state index in [9.17, 15) is 28.8 Å². The Hall–Kier alpha value is -11.8. The van der Waals surface area contributed by atoms with Gasteiger partial charge in [-0.1, -0.05) is 48.2 Å². The Morgan fingerprint density at radius 2 is 0.809 bits per heavy atom. The lowest BCUT2D eigenvalue weighted by Crippen LogP contribution is -2.46. The van der Waals surface area contributed by atoms with Crippen LogP contribution in [0.1, 0.15) is 82.4 Å². The van der Waals surface area contributed by atoms with E-state index >= 15 is 0 Å². The van der Waals surface area contributed by atoms with Crippen molar-refractivity contribution in [1.82, 2.24) is 72.7 Å². The normalized spacial score (nSPS) is 15.5. The zero-order valence-electron chi connectivity index (χ0n) is 63.3. The molecule has 10 heterocycles. The summed E-state index contributed by atoms with van der Waals surface area (Å²) in [6, 6.07) is 37.7. The van der Waals surface area contributed by atoms with Gasteiger partial charge < -0.3 is 44.6 Å². The smallest absolute Gasteiger partial charge is 0.337 e. The molecule has 0 saturated carbocycles. The third-order valence-electron chi connectivity index (χ3n) is 21.6. The van der Waals surface area contributed by atoms with Crippen molar-refractivity contribution in [2.45, 2.75) is 76.2 Å². The van der Waals surface area contributed by atoms with Gasteiger partial charge in [0.25, 0.3) is 22.6 Å². The number of aromatic nitrogens is 12. The average Bonchev–Trinajstić information content (AvgIpc) is 1.62. The van der Waals surface area contributed by atoms with E-state index in [1.165, 1.54) is 142 Å². The van der Waals surface area contributed by atoms with Crippen molar-refractivity contribution in [3.8, 4) is 17.1 Å². The summed E-state index contributed by atoms with van der Waals surface area (Å²) in [6.07, 6.45) is 21.7. The summed E-state index contributed by atoms with van der Waals surface area (Å²) >= 11 is 1.39. The third kappa shape index (κ3) is 16.2. The molecule has 110 heavy (non-hydrogen) atoms. The summed E-state index contributed by atoms with van der Waals surface area (Å²) in [6.45, 7) is 21.4. The number of nitrogens with zero attached hydrogens (tertiary/aromatic N) is 17. The number of ether oxygens (including phenoxy) is 2. The number of carbonyl (C=O) groups excluding carboxylic acids is 3. The molecule has 5 aromatic carbocycles. The molecular formula is C82H93N19O8S. The molecule has 4 saturated heterocycles. The minimum absolute atomic E-state index is 0.123. The topological polar surface area (TPSA) is 268 Å². The molecule has 1 amide bonds. The molecule has 2 spiro atoms. The molecular weight excluding hydrogens is 1410 g/mol. The summed E-state index contributed by atoms with van der Waals surface area (Å²) in [4.78, 5) is 114. The van der Waals surface area contributed by atoms with Crippen molar-refractivity contribution in [2.75, 3.05) is 121 Å². The highest BCUT2D eigenvalue weighted by molar-refractivity contribution is 7.98. The van der Waals surface area contributed by atoms with Crippen molar-refractivity contribution >= 4 is 97.4 Å². The van der Waals surface area contributed by atoms with E-state index < -0.39 is 11.9 Å². The summed E-state index contributed by atoms with van der Waals surface area (Å²) in [5.41, 5.74) is 9.05. The van der Waals surface area contributed by atoms with E-state index in [-0.39, 0.29) is 35.7 Å². The average molecular weight is 1500 g/mol. The maximum atomic E-state index is 13.3. The lowest BCUT2D eigenvalue weighted by Gasteiger charge is -2.46. The number of carbonyl (C=O) groups is 3. The van der Waals surface area contributed by atoms with Gasteiger partial charge >= 0.3 is 11.9 Å². The highest BCUT2D eigenvalue weighted by atomic mass is 32.2. The van der Waals surface area contributed by atoms with E-state index in [0.29, 0.717) is 101 Å². The zero-order valence-corrected chi connectivity index (χ0v) is 64.2. The second-order valence-corrected chi connectivity index (χ2v) is 29.5. The molecule has 0 bridgehead atoms. The molecule has 4 aliphatic heterocycles. The molecule has 4 fully saturated rings. The predicted octanol–water partition coefficient (Wildman–Crippen LogP) is 11.4. The predicted molar refractivity (Wildman–Crippen MR) is 433 cm³/mol. The SMILES string of the molecule is C=CCn1c(=O)c2cnc(Nc3ccc(N4CCC5(CCN(C)CC5)CC4)cc3)nc2n1-c1cccc(C(=O)N(C)C)c1.C=CCn1c(=O)c2cnc(Nc3ccc(N4CCC5(CCN(C)CC5)CC4)cc3)nc2n1-c1cccc(C(=O)OC)c1.C=CCn1c(=O)c2cnc(SC)nc2n1-c1cccc(C(=O)OC)c1. The van der Waals surface area contributed by atoms with Crippen molar-refractivity contribution in [3.05, 3.63) is 226 Å². The minimum Gasteiger partial charge on any atom is -0.465 e. The second kappa shape index (κ2) is 33.4. The molecule has 28 heteroatoms. The van der Waals surface area contributed by atoms with E-state index in [4.69, 9.17) is 19.4 Å². The number of hydrogen-bond donors (Lipinski definition) is 2. The summed E-state index contributed by atoms with van der Waals surface area (Å²) in [5, 5.41) is 8.32. The standard InChI is InChI=1S/C33H40N8O2.C32H37N7O3.C17H16N4O3S/c1-5-17-40-31(43)28-23-34-32(36-29(28)41(40)27-8-6-7-24(22-27)30(42)37(2)3)35-25-9-11-26(12-10-25)39-20-15-33(16-21-39)13-18-38(4)19-14-33;1-4-16-38-29(40)27-22-33-31(35-28(27)39(38)26-7-5-6-23(21-26)30(41)42-3)34-24-8-10-25(11-9-24)37-19-14-32(15-20-37)12-17-36(2)18-13-32;1-4-8-20-15(22)13-10-18-17(25-3)19-14(13)21(20)12-7-5-6-11(9-12)16(23)24-2/h5-12,22-23H,1,13-21H2,2-4H3,(H,34,35,36);4-11,21-22H,1,12-20H2,2-3H3,(H,33,34,35);4-7,9-10H,1,8H2,2-3H3.